The zero-order chi connectivity index (χ0) is 42.2. The monoisotopic (exact) mass is 815 g/mol. The summed E-state index contributed by atoms with van der Waals surface area (Å²) in [5.74, 6) is -3.81. The minimum absolute atomic E-state index is 0.0211. The van der Waals surface area contributed by atoms with Crippen LogP contribution in [0.15, 0.2) is 126 Å². The number of aliphatic hydroxyl groups is 2. The molecule has 0 radical (unpaired) electrons. The Morgan fingerprint density at radius 3 is 2.00 bits per heavy atom. The van der Waals surface area contributed by atoms with Crippen LogP contribution in [0.4, 0.5) is 0 Å². The van der Waals surface area contributed by atoms with Gasteiger partial charge in [-0.25, -0.2) is 0 Å². The highest BCUT2D eigenvalue weighted by Crippen LogP contribution is 2.47. The molecule has 4 atom stereocenters. The minimum Gasteiger partial charge on any atom is -0.507 e. The molecule has 4 aromatic carbocycles. The maximum Gasteiger partial charge on any atom is 0.303 e. The van der Waals surface area contributed by atoms with Gasteiger partial charge in [0.2, 0.25) is 11.8 Å². The molecule has 0 aromatic heterocycles. The molecule has 0 unspecified atom stereocenters. The smallest absolute Gasteiger partial charge is 0.303 e. The van der Waals surface area contributed by atoms with Gasteiger partial charge >= 0.3 is 5.97 Å². The number of aliphatic hydroxyl groups excluding tert-OH is 2. The fourth-order valence-electron chi connectivity index (χ4n) is 9.25. The van der Waals surface area contributed by atoms with Crippen molar-refractivity contribution in [2.24, 2.45) is 17.8 Å². The number of allylic oxidation sites excluding steroid dienone is 1. The number of aromatic hydroxyl groups is 1. The van der Waals surface area contributed by atoms with Gasteiger partial charge in [0.1, 0.15) is 5.75 Å². The summed E-state index contributed by atoms with van der Waals surface area (Å²) >= 11 is 0. The average Bonchev–Trinajstić information content (AvgIpc) is 3.47. The molecule has 4 N–H and O–H groups in total. The number of unbranched alkanes of at least 4 members (excludes halogenated alkanes) is 2. The number of carboxylic acid groups (broad SMARTS) is 1. The van der Waals surface area contributed by atoms with Crippen LogP contribution >= 0.6 is 0 Å². The highest BCUT2D eigenvalue weighted by atomic mass is 28.4. The molecule has 1 saturated heterocycles. The molecule has 4 aromatic rings. The normalized spacial score (nSPS) is 19.2. The fourth-order valence-corrected chi connectivity index (χ4v) is 13.8. The van der Waals surface area contributed by atoms with Crippen LogP contribution in [-0.2, 0) is 18.8 Å². The van der Waals surface area contributed by atoms with E-state index in [1.807, 2.05) is 84.9 Å². The Hall–Kier alpha value is -5.13. The van der Waals surface area contributed by atoms with Crippen LogP contribution in [0.1, 0.15) is 76.8 Å². The largest absolute Gasteiger partial charge is 0.507 e. The standard InChI is InChI=1S/C49H57NO8Si/c1-49(2,3)59(38-21-10-5-11-22-38,39-23-12-6-13-24-39)58-33-37-31-40-46(48(57)50(47(40)56)29-17-7-14-26-44(54)55)41(32-51)45(37)43(53)28-27-35(34-18-8-4-9-19-34)30-36-20-15-16-25-42(36)52/h4-6,8-13,15-16,18-25,30,40-41,43,46,51-53H,7,14,17,26-29,31-33H2,1-3H3,(H,54,55)/b35-30-/t40-,41+,43-,46-/m1/s1. The van der Waals surface area contributed by atoms with E-state index in [1.165, 1.54) is 4.90 Å². The lowest BCUT2D eigenvalue weighted by molar-refractivity contribution is -0.141. The van der Waals surface area contributed by atoms with Crippen LogP contribution in [0.3, 0.4) is 0 Å². The first-order valence-electron chi connectivity index (χ1n) is 20.7. The number of para-hydroxylation sites is 1. The van der Waals surface area contributed by atoms with E-state index < -0.39 is 44.8 Å². The van der Waals surface area contributed by atoms with E-state index in [0.29, 0.717) is 36.8 Å². The molecule has 1 heterocycles. The van der Waals surface area contributed by atoms with Crippen molar-refractivity contribution in [3.63, 3.8) is 0 Å². The third-order valence-electron chi connectivity index (χ3n) is 12.1. The molecule has 59 heavy (non-hydrogen) atoms. The molecule has 2 amide bonds. The first-order chi connectivity index (χ1) is 28.4. The zero-order valence-corrected chi connectivity index (χ0v) is 35.3. The predicted molar refractivity (Wildman–Crippen MR) is 233 cm³/mol. The Morgan fingerprint density at radius 2 is 1.42 bits per heavy atom. The van der Waals surface area contributed by atoms with Crippen molar-refractivity contribution in [1.29, 1.82) is 0 Å². The lowest BCUT2D eigenvalue weighted by atomic mass is 9.68. The fraction of sp³-hybridized carbons (Fsp3) is 0.367. The van der Waals surface area contributed by atoms with Crippen molar-refractivity contribution in [2.45, 2.75) is 76.9 Å². The first-order valence-corrected chi connectivity index (χ1v) is 22.6. The number of carbonyl (C=O) groups excluding carboxylic acids is 2. The van der Waals surface area contributed by atoms with Gasteiger partial charge in [0.25, 0.3) is 8.32 Å². The molecule has 1 fully saturated rings. The second-order valence-corrected chi connectivity index (χ2v) is 21.1. The number of carboxylic acids is 1. The number of likely N-dealkylation sites (tertiary alicyclic amines) is 1. The van der Waals surface area contributed by atoms with E-state index in [2.05, 4.69) is 45.0 Å². The number of nitrogens with zero attached hydrogens (tertiary/aromatic N) is 1. The zero-order valence-electron chi connectivity index (χ0n) is 34.3. The van der Waals surface area contributed by atoms with Gasteiger partial charge in [0.05, 0.1) is 31.2 Å². The van der Waals surface area contributed by atoms with E-state index in [4.69, 9.17) is 9.53 Å². The minimum atomic E-state index is -3.09. The van der Waals surface area contributed by atoms with E-state index in [-0.39, 0.29) is 55.0 Å². The van der Waals surface area contributed by atoms with Crippen LogP contribution in [0.5, 0.6) is 5.75 Å². The maximum atomic E-state index is 14.2. The second kappa shape index (κ2) is 19.3. The Bertz CT molecular complexity index is 2090. The summed E-state index contributed by atoms with van der Waals surface area (Å²) < 4.78 is 7.41. The van der Waals surface area contributed by atoms with Gasteiger partial charge in [0, 0.05) is 24.4 Å². The van der Waals surface area contributed by atoms with Crippen molar-refractivity contribution in [3.05, 3.63) is 138 Å². The van der Waals surface area contributed by atoms with E-state index in [1.54, 1.807) is 12.1 Å². The van der Waals surface area contributed by atoms with E-state index in [0.717, 1.165) is 27.1 Å². The van der Waals surface area contributed by atoms with Crippen LogP contribution in [0, 0.1) is 17.8 Å². The van der Waals surface area contributed by atoms with Crippen LogP contribution in [0.25, 0.3) is 11.6 Å². The Morgan fingerprint density at radius 1 is 0.831 bits per heavy atom. The number of fused-ring (bicyclic) bond motifs is 1. The number of imide groups is 1. The van der Waals surface area contributed by atoms with Gasteiger partial charge in [0.15, 0.2) is 0 Å². The molecule has 1 aliphatic carbocycles. The van der Waals surface area contributed by atoms with Crippen molar-refractivity contribution in [3.8, 4) is 5.75 Å². The molecule has 6 rings (SSSR count). The van der Waals surface area contributed by atoms with Crippen LogP contribution in [0.2, 0.25) is 5.04 Å². The third kappa shape index (κ3) is 9.52. The molecule has 1 aliphatic heterocycles. The summed E-state index contributed by atoms with van der Waals surface area (Å²) in [5, 5.41) is 45.2. The van der Waals surface area contributed by atoms with E-state index in [9.17, 15) is 29.7 Å². The average molecular weight is 816 g/mol. The number of benzene rings is 4. The molecular weight excluding hydrogens is 759 g/mol. The van der Waals surface area contributed by atoms with Gasteiger partial charge in [-0.1, -0.05) is 136 Å². The summed E-state index contributed by atoms with van der Waals surface area (Å²) in [4.78, 5) is 40.7. The SMILES string of the molecule is CC(C)(C)[Si](OCC1=C([C@H](O)CC/C(=C/c2ccccc2O)c2ccccc2)[C@H](CO)[C@@H]2C(=O)N(CCCCCC(=O)O)C(=O)[C@@H]2C1)(c1ccccc1)c1ccccc1. The topological polar surface area (TPSA) is 145 Å². The van der Waals surface area contributed by atoms with Crippen LogP contribution in [-0.4, -0.2) is 77.3 Å². The number of phenolic OH excluding ortho intramolecular Hbond substituents is 1. The molecule has 2 aliphatic rings. The molecule has 0 bridgehead atoms. The summed E-state index contributed by atoms with van der Waals surface area (Å²) in [6.45, 7) is 6.38. The number of carbonyl (C=O) groups is 3. The van der Waals surface area contributed by atoms with Crippen LogP contribution < -0.4 is 10.4 Å². The van der Waals surface area contributed by atoms with Gasteiger partial charge in [-0.05, 0) is 81.9 Å². The van der Waals surface area contributed by atoms with Crippen molar-refractivity contribution in [2.75, 3.05) is 19.8 Å². The predicted octanol–water partition coefficient (Wildman–Crippen LogP) is 7.21. The van der Waals surface area contributed by atoms with Gasteiger partial charge < -0.3 is 24.9 Å². The molecular formula is C49H57NO8Si. The summed E-state index contributed by atoms with van der Waals surface area (Å²) in [6.07, 6.45) is 3.19. The Balaban J connectivity index is 1.40. The molecule has 0 spiro atoms. The molecule has 310 valence electrons. The first kappa shape index (κ1) is 43.4. The Kier molecular flexibility index (Phi) is 14.2. The number of hydrogen-bond acceptors (Lipinski definition) is 7. The van der Waals surface area contributed by atoms with Gasteiger partial charge in [-0.2, -0.15) is 0 Å². The number of rotatable bonds is 18. The van der Waals surface area contributed by atoms with Crippen molar-refractivity contribution in [1.82, 2.24) is 4.90 Å². The number of amides is 2. The third-order valence-corrected chi connectivity index (χ3v) is 17.1. The van der Waals surface area contributed by atoms with E-state index >= 15 is 0 Å². The quantitative estimate of drug-likeness (QED) is 0.0272. The molecule has 0 saturated carbocycles. The maximum absolute atomic E-state index is 14.2. The van der Waals surface area contributed by atoms with Gasteiger partial charge in [-0.3, -0.25) is 19.3 Å². The lowest BCUT2D eigenvalue weighted by Gasteiger charge is -2.44. The Labute approximate surface area is 348 Å². The lowest BCUT2D eigenvalue weighted by Crippen LogP contribution is -2.66. The highest BCUT2D eigenvalue weighted by molar-refractivity contribution is 6.99. The number of phenols is 1. The number of hydrogen-bond donors (Lipinski definition) is 4. The molecule has 9 nitrogen and oxygen atoms in total. The second-order valence-electron chi connectivity index (χ2n) is 16.8. The van der Waals surface area contributed by atoms with Gasteiger partial charge in [-0.15, -0.1) is 0 Å². The summed E-state index contributed by atoms with van der Waals surface area (Å²) in [6, 6.07) is 37.4. The van der Waals surface area contributed by atoms with Crippen molar-refractivity contribution >= 4 is 48.1 Å². The number of aliphatic carboxylic acids is 1. The summed E-state index contributed by atoms with van der Waals surface area (Å²) in [5.41, 5.74) is 3.75. The van der Waals surface area contributed by atoms with Crippen molar-refractivity contribution < 1.29 is 39.2 Å². The highest BCUT2D eigenvalue weighted by Gasteiger charge is 2.56. The molecule has 10 heteroatoms. The summed E-state index contributed by atoms with van der Waals surface area (Å²) in [7, 11) is -3.09.